The van der Waals surface area contributed by atoms with Crippen LogP contribution in [0.15, 0.2) is 24.3 Å². The number of nitrogens with zero attached hydrogens (tertiary/aromatic N) is 1. The smallest absolute Gasteiger partial charge is 0.0680 e. The fourth-order valence-electron chi connectivity index (χ4n) is 2.44. The summed E-state index contributed by atoms with van der Waals surface area (Å²) < 4.78 is 0. The maximum absolute atomic E-state index is 9.52. The second kappa shape index (κ2) is 5.52. The van der Waals surface area contributed by atoms with Crippen LogP contribution in [0.25, 0.3) is 0 Å². The third-order valence-corrected chi connectivity index (χ3v) is 3.39. The van der Waals surface area contributed by atoms with Gasteiger partial charge in [0.1, 0.15) is 0 Å². The fourth-order valence-corrected chi connectivity index (χ4v) is 2.44. The lowest BCUT2D eigenvalue weighted by atomic mass is 10.1. The first kappa shape index (κ1) is 12.4. The van der Waals surface area contributed by atoms with Crippen LogP contribution in [-0.2, 0) is 0 Å². The summed E-state index contributed by atoms with van der Waals surface area (Å²) in [7, 11) is 0. The zero-order valence-electron chi connectivity index (χ0n) is 10.7. The molecular weight excluding hydrogens is 212 g/mol. The number of aliphatic hydroxyl groups is 1. The maximum Gasteiger partial charge on any atom is 0.0680 e. The van der Waals surface area contributed by atoms with Crippen LogP contribution >= 0.6 is 0 Å². The van der Waals surface area contributed by atoms with Crippen molar-refractivity contribution >= 4 is 5.69 Å². The quantitative estimate of drug-likeness (QED) is 0.829. The normalized spacial score (nSPS) is 23.9. The highest BCUT2D eigenvalue weighted by molar-refractivity contribution is 5.48. The van der Waals surface area contributed by atoms with E-state index in [1.54, 1.807) is 0 Å². The average molecular weight is 234 g/mol. The molecule has 1 aliphatic rings. The van der Waals surface area contributed by atoms with Crippen LogP contribution in [0.1, 0.15) is 18.9 Å². The molecule has 1 saturated heterocycles. The number of benzene rings is 1. The van der Waals surface area contributed by atoms with Crippen molar-refractivity contribution in [3.05, 3.63) is 29.8 Å². The Hall–Kier alpha value is -1.06. The van der Waals surface area contributed by atoms with Gasteiger partial charge in [-0.15, -0.1) is 0 Å². The van der Waals surface area contributed by atoms with Crippen molar-refractivity contribution in [3.63, 3.8) is 0 Å². The van der Waals surface area contributed by atoms with Gasteiger partial charge in [0.25, 0.3) is 0 Å². The summed E-state index contributed by atoms with van der Waals surface area (Å²) in [6.07, 6.45) is 0.693. The van der Waals surface area contributed by atoms with E-state index in [1.165, 1.54) is 11.3 Å². The van der Waals surface area contributed by atoms with E-state index in [0.29, 0.717) is 6.04 Å². The van der Waals surface area contributed by atoms with Crippen LogP contribution in [0.3, 0.4) is 0 Å². The van der Waals surface area contributed by atoms with Gasteiger partial charge in [-0.1, -0.05) is 12.1 Å². The lowest BCUT2D eigenvalue weighted by Gasteiger charge is -2.26. The molecule has 0 amide bonds. The highest BCUT2D eigenvalue weighted by atomic mass is 16.3. The zero-order valence-corrected chi connectivity index (χ0v) is 10.7. The summed E-state index contributed by atoms with van der Waals surface area (Å²) in [5.74, 6) is 0. The Morgan fingerprint density at radius 3 is 2.88 bits per heavy atom. The minimum atomic E-state index is -0.170. The Balaban J connectivity index is 2.01. The molecule has 3 heteroatoms. The van der Waals surface area contributed by atoms with Crippen molar-refractivity contribution < 1.29 is 5.11 Å². The van der Waals surface area contributed by atoms with Crippen LogP contribution in [0.4, 0.5) is 5.69 Å². The van der Waals surface area contributed by atoms with Gasteiger partial charge in [0.15, 0.2) is 0 Å². The molecule has 0 spiro atoms. The van der Waals surface area contributed by atoms with Gasteiger partial charge in [-0.2, -0.15) is 0 Å². The third-order valence-electron chi connectivity index (χ3n) is 3.39. The number of nitrogens with one attached hydrogen (secondary N) is 1. The number of hydrogen-bond donors (Lipinski definition) is 2. The van der Waals surface area contributed by atoms with Gasteiger partial charge in [-0.3, -0.25) is 0 Å². The lowest BCUT2D eigenvalue weighted by Crippen LogP contribution is -2.37. The number of β-amino-alcohol motifs (C(OH)–C–C–N with tert-alkyl or cyclic N) is 1. The van der Waals surface area contributed by atoms with Crippen molar-refractivity contribution in [2.24, 2.45) is 0 Å². The van der Waals surface area contributed by atoms with Crippen molar-refractivity contribution in [1.82, 2.24) is 5.32 Å². The van der Waals surface area contributed by atoms with E-state index in [2.05, 4.69) is 48.3 Å². The van der Waals surface area contributed by atoms with Gasteiger partial charge >= 0.3 is 0 Å². The molecular formula is C14H22N2O. The van der Waals surface area contributed by atoms with Gasteiger partial charge < -0.3 is 15.3 Å². The van der Waals surface area contributed by atoms with E-state index in [9.17, 15) is 5.11 Å². The number of rotatable bonds is 4. The molecule has 2 atom stereocenters. The number of aryl methyl sites for hydroxylation is 1. The first-order chi connectivity index (χ1) is 8.19. The van der Waals surface area contributed by atoms with Crippen LogP contribution < -0.4 is 10.2 Å². The lowest BCUT2D eigenvalue weighted by molar-refractivity contribution is 0.193. The fraction of sp³-hybridized carbons (Fsp3) is 0.571. The molecule has 2 rings (SSSR count). The minimum absolute atomic E-state index is 0.170. The minimum Gasteiger partial charge on any atom is -0.392 e. The molecule has 94 valence electrons. The van der Waals surface area contributed by atoms with Gasteiger partial charge in [-0.05, 0) is 38.0 Å². The van der Waals surface area contributed by atoms with Crippen LogP contribution in [0, 0.1) is 6.92 Å². The number of likely N-dealkylation sites (N-methyl/N-ethyl adjacent to an activating group) is 1. The molecule has 1 aromatic carbocycles. The summed E-state index contributed by atoms with van der Waals surface area (Å²) in [5, 5.41) is 12.9. The molecule has 0 saturated carbocycles. The monoisotopic (exact) mass is 234 g/mol. The van der Waals surface area contributed by atoms with Gasteiger partial charge in [0.05, 0.1) is 6.10 Å². The molecule has 2 N–H and O–H groups in total. The number of anilines is 1. The average Bonchev–Trinajstić information content (AvgIpc) is 2.72. The van der Waals surface area contributed by atoms with Crippen molar-refractivity contribution in [3.8, 4) is 0 Å². The summed E-state index contributed by atoms with van der Waals surface area (Å²) in [5.41, 5.74) is 2.57. The molecule has 17 heavy (non-hydrogen) atoms. The summed E-state index contributed by atoms with van der Waals surface area (Å²) in [6.45, 7) is 6.99. The summed E-state index contributed by atoms with van der Waals surface area (Å²) in [6, 6.07) is 9.00. The number of hydrogen-bond acceptors (Lipinski definition) is 3. The Kier molecular flexibility index (Phi) is 4.02. The van der Waals surface area contributed by atoms with E-state index in [0.717, 1.165) is 26.1 Å². The van der Waals surface area contributed by atoms with Crippen molar-refractivity contribution in [2.45, 2.75) is 32.4 Å². The molecule has 0 aromatic heterocycles. The second-order valence-corrected chi connectivity index (χ2v) is 4.87. The first-order valence-electron chi connectivity index (χ1n) is 6.42. The molecule has 1 aliphatic heterocycles. The summed E-state index contributed by atoms with van der Waals surface area (Å²) in [4.78, 5) is 2.36. The topological polar surface area (TPSA) is 35.5 Å². The second-order valence-electron chi connectivity index (χ2n) is 4.87. The maximum atomic E-state index is 9.52. The van der Waals surface area contributed by atoms with E-state index in [-0.39, 0.29) is 6.10 Å². The summed E-state index contributed by atoms with van der Waals surface area (Å²) >= 11 is 0. The van der Waals surface area contributed by atoms with E-state index in [4.69, 9.17) is 0 Å². The van der Waals surface area contributed by atoms with Gasteiger partial charge in [0, 0.05) is 31.4 Å². The predicted octanol–water partition coefficient (Wildman–Crippen LogP) is 1.54. The van der Waals surface area contributed by atoms with Crippen LogP contribution in [0.5, 0.6) is 0 Å². The Morgan fingerprint density at radius 2 is 2.29 bits per heavy atom. The highest BCUT2D eigenvalue weighted by Gasteiger charge is 2.23. The molecule has 3 nitrogen and oxygen atoms in total. The van der Waals surface area contributed by atoms with Crippen LogP contribution in [0.2, 0.25) is 0 Å². The Labute approximate surface area is 103 Å². The Morgan fingerprint density at radius 1 is 1.47 bits per heavy atom. The molecule has 0 aliphatic carbocycles. The third kappa shape index (κ3) is 3.20. The van der Waals surface area contributed by atoms with Gasteiger partial charge in [0.2, 0.25) is 0 Å². The van der Waals surface area contributed by atoms with Crippen molar-refractivity contribution in [1.29, 1.82) is 0 Å². The SMILES string of the molecule is CCN(CC1CC(O)CN1)c1cccc(C)c1. The highest BCUT2D eigenvalue weighted by Crippen LogP contribution is 2.18. The predicted molar refractivity (Wildman–Crippen MR) is 71.5 cm³/mol. The molecule has 0 bridgehead atoms. The molecule has 1 aromatic rings. The largest absolute Gasteiger partial charge is 0.392 e. The molecule has 1 fully saturated rings. The van der Waals surface area contributed by atoms with E-state index >= 15 is 0 Å². The van der Waals surface area contributed by atoms with E-state index in [1.807, 2.05) is 0 Å². The van der Waals surface area contributed by atoms with Crippen molar-refractivity contribution in [2.75, 3.05) is 24.5 Å². The number of aliphatic hydroxyl groups excluding tert-OH is 1. The Bertz CT molecular complexity index is 367. The first-order valence-corrected chi connectivity index (χ1v) is 6.42. The van der Waals surface area contributed by atoms with E-state index < -0.39 is 0 Å². The van der Waals surface area contributed by atoms with Crippen LogP contribution in [-0.4, -0.2) is 36.9 Å². The standard InChI is InChI=1S/C14H22N2O/c1-3-16(10-12-8-14(17)9-15-12)13-6-4-5-11(2)7-13/h4-7,12,14-15,17H,3,8-10H2,1-2H3. The van der Waals surface area contributed by atoms with Gasteiger partial charge in [-0.25, -0.2) is 0 Å². The zero-order chi connectivity index (χ0) is 12.3. The molecule has 0 radical (unpaired) electrons. The molecule has 2 unspecified atom stereocenters. The molecule has 1 heterocycles.